The van der Waals surface area contributed by atoms with Gasteiger partial charge in [-0.15, -0.1) is 0 Å². The number of rotatable bonds is 3. The molecule has 1 N–H and O–H groups in total. The SMILES string of the molecule is Cc1ccc(C(=O)OCC2=CC[C@H]3C[C@@H]2C3(C)C)c(=O)[nH]1. The van der Waals surface area contributed by atoms with Crippen molar-refractivity contribution in [2.45, 2.75) is 33.6 Å². The van der Waals surface area contributed by atoms with Gasteiger partial charge < -0.3 is 9.72 Å². The lowest BCUT2D eigenvalue weighted by atomic mass is 9.49. The van der Waals surface area contributed by atoms with Crippen LogP contribution in [0, 0.1) is 24.2 Å². The third kappa shape index (κ3) is 2.33. The second-order valence-corrected chi connectivity index (χ2v) is 6.78. The number of esters is 1. The second kappa shape index (κ2) is 4.86. The van der Waals surface area contributed by atoms with Crippen LogP contribution in [-0.4, -0.2) is 17.6 Å². The predicted octanol–water partition coefficient (Wildman–Crippen LogP) is 2.83. The fourth-order valence-corrected chi connectivity index (χ4v) is 3.60. The van der Waals surface area contributed by atoms with Gasteiger partial charge in [0.05, 0.1) is 0 Å². The van der Waals surface area contributed by atoms with E-state index in [9.17, 15) is 9.59 Å². The molecular formula is C17H21NO3. The molecule has 0 spiro atoms. The molecule has 3 aliphatic carbocycles. The monoisotopic (exact) mass is 287 g/mol. The van der Waals surface area contributed by atoms with Crippen LogP contribution in [0.25, 0.3) is 0 Å². The van der Waals surface area contributed by atoms with Gasteiger partial charge in [0.1, 0.15) is 12.2 Å². The first kappa shape index (κ1) is 14.1. The first-order valence-electron chi connectivity index (χ1n) is 7.45. The number of aryl methyl sites for hydroxylation is 1. The minimum Gasteiger partial charge on any atom is -0.457 e. The Morgan fingerprint density at radius 2 is 2.19 bits per heavy atom. The summed E-state index contributed by atoms with van der Waals surface area (Å²) in [5.41, 5.74) is 1.94. The Kier molecular flexibility index (Phi) is 3.27. The van der Waals surface area contributed by atoms with Crippen LogP contribution in [0.1, 0.15) is 42.7 Å². The maximum atomic E-state index is 12.0. The summed E-state index contributed by atoms with van der Waals surface area (Å²) in [5, 5.41) is 0. The minimum atomic E-state index is -0.545. The van der Waals surface area contributed by atoms with Crippen LogP contribution < -0.4 is 5.56 Å². The molecule has 0 aliphatic heterocycles. The first-order valence-corrected chi connectivity index (χ1v) is 7.45. The third-order valence-electron chi connectivity index (χ3n) is 5.23. The highest BCUT2D eigenvalue weighted by Gasteiger charge is 2.51. The van der Waals surface area contributed by atoms with E-state index < -0.39 is 5.97 Å². The topological polar surface area (TPSA) is 59.2 Å². The number of allylic oxidation sites excluding steroid dienone is 1. The van der Waals surface area contributed by atoms with Gasteiger partial charge in [-0.05, 0) is 54.7 Å². The summed E-state index contributed by atoms with van der Waals surface area (Å²) in [7, 11) is 0. The second-order valence-electron chi connectivity index (χ2n) is 6.78. The molecule has 0 saturated heterocycles. The molecule has 2 bridgehead atoms. The van der Waals surface area contributed by atoms with Crippen molar-refractivity contribution in [3.8, 4) is 0 Å². The molecule has 4 heteroatoms. The van der Waals surface area contributed by atoms with Crippen molar-refractivity contribution in [3.63, 3.8) is 0 Å². The lowest BCUT2D eigenvalue weighted by Gasteiger charge is -2.56. The van der Waals surface area contributed by atoms with Gasteiger partial charge in [0, 0.05) is 5.69 Å². The van der Waals surface area contributed by atoms with E-state index >= 15 is 0 Å². The lowest BCUT2D eigenvalue weighted by molar-refractivity contribution is -0.0155. The van der Waals surface area contributed by atoms with Crippen LogP contribution >= 0.6 is 0 Å². The molecule has 1 aromatic rings. The summed E-state index contributed by atoms with van der Waals surface area (Å²) in [6.45, 7) is 6.64. The normalized spacial score (nSPS) is 25.8. The molecule has 2 atom stereocenters. The maximum Gasteiger partial charge on any atom is 0.344 e. The molecule has 1 fully saturated rings. The third-order valence-corrected chi connectivity index (χ3v) is 5.23. The number of carbonyl (C=O) groups is 1. The highest BCUT2D eigenvalue weighted by Crippen LogP contribution is 2.59. The van der Waals surface area contributed by atoms with Gasteiger partial charge in [-0.2, -0.15) is 0 Å². The van der Waals surface area contributed by atoms with Gasteiger partial charge in [-0.1, -0.05) is 19.9 Å². The van der Waals surface area contributed by atoms with E-state index in [0.717, 1.165) is 18.0 Å². The molecule has 1 heterocycles. The standard InChI is InChI=1S/C17H21NO3/c1-10-4-7-13(15(19)18-10)16(20)21-9-11-5-6-12-8-14(11)17(12,2)3/h4-5,7,12,14H,6,8-9H2,1-3H3,(H,18,19)/t12-,14-/m0/s1. The van der Waals surface area contributed by atoms with Crippen molar-refractivity contribution in [2.24, 2.45) is 17.3 Å². The number of hydrogen-bond acceptors (Lipinski definition) is 3. The van der Waals surface area contributed by atoms with Crippen LogP contribution in [-0.2, 0) is 4.74 Å². The van der Waals surface area contributed by atoms with Gasteiger partial charge in [-0.3, -0.25) is 4.79 Å². The summed E-state index contributed by atoms with van der Waals surface area (Å²) in [4.78, 5) is 26.4. The molecule has 1 saturated carbocycles. The van der Waals surface area contributed by atoms with E-state index in [1.807, 2.05) is 0 Å². The number of nitrogens with one attached hydrogen (secondary N) is 1. The average Bonchev–Trinajstić information content (AvgIpc) is 2.44. The Balaban J connectivity index is 1.67. The van der Waals surface area contributed by atoms with Crippen LogP contribution in [0.4, 0.5) is 0 Å². The van der Waals surface area contributed by atoms with Gasteiger partial charge >= 0.3 is 5.97 Å². The summed E-state index contributed by atoms with van der Waals surface area (Å²) in [6, 6.07) is 3.23. The molecule has 0 radical (unpaired) electrons. The molecule has 112 valence electrons. The van der Waals surface area contributed by atoms with Crippen molar-refractivity contribution < 1.29 is 9.53 Å². The zero-order valence-electron chi connectivity index (χ0n) is 12.7. The Labute approximate surface area is 124 Å². The van der Waals surface area contributed by atoms with Gasteiger partial charge in [0.2, 0.25) is 0 Å². The number of pyridine rings is 1. The first-order chi connectivity index (χ1) is 9.89. The Bertz CT molecular complexity index is 669. The summed E-state index contributed by atoms with van der Waals surface area (Å²) in [6.07, 6.45) is 4.47. The van der Waals surface area contributed by atoms with Crippen LogP contribution in [0.5, 0.6) is 0 Å². The molecule has 0 unspecified atom stereocenters. The van der Waals surface area contributed by atoms with Crippen molar-refractivity contribution in [2.75, 3.05) is 6.61 Å². The number of carbonyl (C=O) groups excluding carboxylic acids is 1. The summed E-state index contributed by atoms with van der Waals surface area (Å²) in [5.74, 6) is 0.735. The largest absolute Gasteiger partial charge is 0.457 e. The highest BCUT2D eigenvalue weighted by atomic mass is 16.5. The van der Waals surface area contributed by atoms with E-state index in [4.69, 9.17) is 4.74 Å². The number of ether oxygens (including phenoxy) is 1. The van der Waals surface area contributed by atoms with Crippen molar-refractivity contribution in [1.82, 2.24) is 4.98 Å². The Hall–Kier alpha value is -1.84. The van der Waals surface area contributed by atoms with Gasteiger partial charge in [0.15, 0.2) is 0 Å². The number of H-pyrrole nitrogens is 1. The molecule has 21 heavy (non-hydrogen) atoms. The zero-order valence-corrected chi connectivity index (χ0v) is 12.7. The van der Waals surface area contributed by atoms with E-state index in [1.54, 1.807) is 13.0 Å². The number of aromatic nitrogens is 1. The number of hydrogen-bond donors (Lipinski definition) is 1. The van der Waals surface area contributed by atoms with E-state index in [2.05, 4.69) is 24.9 Å². The number of fused-ring (bicyclic) bond motifs is 1. The van der Waals surface area contributed by atoms with Crippen LogP contribution in [0.3, 0.4) is 0 Å². The van der Waals surface area contributed by atoms with Crippen LogP contribution in [0.2, 0.25) is 0 Å². The van der Waals surface area contributed by atoms with Crippen molar-refractivity contribution in [1.29, 1.82) is 0 Å². The number of aromatic amines is 1. The highest BCUT2D eigenvalue weighted by molar-refractivity contribution is 5.89. The van der Waals surface area contributed by atoms with Gasteiger partial charge in [0.25, 0.3) is 5.56 Å². The molecule has 0 amide bonds. The van der Waals surface area contributed by atoms with E-state index in [1.165, 1.54) is 18.1 Å². The minimum absolute atomic E-state index is 0.0720. The molecule has 1 aromatic heterocycles. The molecule has 4 rings (SSSR count). The zero-order chi connectivity index (χ0) is 15.2. The smallest absolute Gasteiger partial charge is 0.344 e. The van der Waals surface area contributed by atoms with E-state index in [0.29, 0.717) is 17.9 Å². The summed E-state index contributed by atoms with van der Waals surface area (Å²) < 4.78 is 5.35. The molecule has 3 aliphatic rings. The average molecular weight is 287 g/mol. The van der Waals surface area contributed by atoms with Crippen molar-refractivity contribution >= 4 is 5.97 Å². The Morgan fingerprint density at radius 1 is 1.43 bits per heavy atom. The molecular weight excluding hydrogens is 266 g/mol. The lowest BCUT2D eigenvalue weighted by Crippen LogP contribution is -2.48. The molecule has 0 aromatic carbocycles. The van der Waals surface area contributed by atoms with Crippen LogP contribution in [0.15, 0.2) is 28.6 Å². The summed E-state index contributed by atoms with van der Waals surface area (Å²) >= 11 is 0. The quantitative estimate of drug-likeness (QED) is 0.687. The Morgan fingerprint density at radius 3 is 2.81 bits per heavy atom. The van der Waals surface area contributed by atoms with E-state index in [-0.39, 0.29) is 11.1 Å². The predicted molar refractivity (Wildman–Crippen MR) is 80.2 cm³/mol. The maximum absolute atomic E-state index is 12.0. The molecule has 4 nitrogen and oxygen atoms in total. The van der Waals surface area contributed by atoms with Gasteiger partial charge in [-0.25, -0.2) is 4.79 Å². The fraction of sp³-hybridized carbons (Fsp3) is 0.529. The fourth-order valence-electron chi connectivity index (χ4n) is 3.60. The van der Waals surface area contributed by atoms with Crippen molar-refractivity contribution in [3.05, 3.63) is 45.4 Å².